The molecule has 4 nitrogen and oxygen atoms in total. The van der Waals surface area contributed by atoms with Crippen molar-refractivity contribution in [3.8, 4) is 28.0 Å². The van der Waals surface area contributed by atoms with Crippen molar-refractivity contribution in [1.82, 2.24) is 0 Å². The zero-order valence-corrected chi connectivity index (χ0v) is 22.4. The van der Waals surface area contributed by atoms with Crippen LogP contribution in [0.15, 0.2) is 85.0 Å². The lowest BCUT2D eigenvalue weighted by molar-refractivity contribution is -0.0706. The second kappa shape index (κ2) is 14.5. The van der Waals surface area contributed by atoms with Gasteiger partial charge in [0.15, 0.2) is 6.29 Å². The van der Waals surface area contributed by atoms with E-state index in [1.807, 2.05) is 6.07 Å². The monoisotopic (exact) mass is 500 g/mol. The molecule has 196 valence electrons. The van der Waals surface area contributed by atoms with E-state index < -0.39 is 6.29 Å². The van der Waals surface area contributed by atoms with E-state index in [2.05, 4.69) is 87.2 Å². The fourth-order valence-electron chi connectivity index (χ4n) is 4.29. The molecule has 0 bridgehead atoms. The van der Waals surface area contributed by atoms with Gasteiger partial charge in [0.25, 0.3) is 0 Å². The van der Waals surface area contributed by atoms with Gasteiger partial charge in [0.05, 0.1) is 13.2 Å². The van der Waals surface area contributed by atoms with Crippen molar-refractivity contribution in [3.63, 3.8) is 0 Å². The third-order valence-electron chi connectivity index (χ3n) is 6.40. The Kier molecular flexibility index (Phi) is 11.2. The second-order valence-electron chi connectivity index (χ2n) is 9.24. The van der Waals surface area contributed by atoms with Crippen molar-refractivity contribution in [3.05, 3.63) is 102 Å². The van der Waals surface area contributed by atoms with Crippen LogP contribution < -0.4 is 4.74 Å². The first-order valence-electron chi connectivity index (χ1n) is 13.1. The summed E-state index contributed by atoms with van der Waals surface area (Å²) in [5.74, 6) is 0.718. The number of hydrogen-bond donors (Lipinski definition) is 2. The first-order valence-corrected chi connectivity index (χ1v) is 13.1. The molecule has 2 N–H and O–H groups in total. The van der Waals surface area contributed by atoms with Crippen molar-refractivity contribution in [2.45, 2.75) is 52.7 Å². The van der Waals surface area contributed by atoms with Gasteiger partial charge in [-0.2, -0.15) is 0 Å². The molecule has 3 aromatic rings. The Morgan fingerprint density at radius 1 is 0.919 bits per heavy atom. The average Bonchev–Trinajstić information content (AvgIpc) is 2.92. The van der Waals surface area contributed by atoms with Crippen molar-refractivity contribution in [2.75, 3.05) is 19.8 Å². The van der Waals surface area contributed by atoms with Gasteiger partial charge in [-0.05, 0) is 96.2 Å². The number of aliphatic hydroxyl groups is 2. The number of benzene rings is 3. The summed E-state index contributed by atoms with van der Waals surface area (Å²) >= 11 is 0. The highest BCUT2D eigenvalue weighted by molar-refractivity contribution is 5.75. The summed E-state index contributed by atoms with van der Waals surface area (Å²) in [6.07, 6.45) is 6.93. The second-order valence-corrected chi connectivity index (χ2v) is 9.24. The fraction of sp³-hybridized carbons (Fsp3) is 0.333. The zero-order valence-electron chi connectivity index (χ0n) is 22.4. The lowest BCUT2D eigenvalue weighted by Crippen LogP contribution is -2.15. The molecule has 1 unspecified atom stereocenters. The zero-order chi connectivity index (χ0) is 26.6. The van der Waals surface area contributed by atoms with Crippen LogP contribution in [0.3, 0.4) is 0 Å². The fourth-order valence-corrected chi connectivity index (χ4v) is 4.29. The van der Waals surface area contributed by atoms with Gasteiger partial charge in [0.1, 0.15) is 12.4 Å². The third-order valence-corrected chi connectivity index (χ3v) is 6.40. The average molecular weight is 501 g/mol. The maximum Gasteiger partial charge on any atom is 0.176 e. The highest BCUT2D eigenvalue weighted by Crippen LogP contribution is 2.33. The van der Waals surface area contributed by atoms with Gasteiger partial charge < -0.3 is 19.7 Å². The van der Waals surface area contributed by atoms with Crippen LogP contribution in [-0.4, -0.2) is 36.3 Å². The normalized spacial score (nSPS) is 12.1. The van der Waals surface area contributed by atoms with E-state index in [0.717, 1.165) is 36.1 Å². The minimum atomic E-state index is -0.980. The van der Waals surface area contributed by atoms with E-state index in [4.69, 9.17) is 9.47 Å². The molecule has 1 atom stereocenters. The minimum absolute atomic E-state index is 0.0513. The number of ether oxygens (including phenoxy) is 2. The topological polar surface area (TPSA) is 58.9 Å². The first-order chi connectivity index (χ1) is 18.0. The molecule has 0 saturated carbocycles. The summed E-state index contributed by atoms with van der Waals surface area (Å²) in [7, 11) is 0. The van der Waals surface area contributed by atoms with Crippen LogP contribution in [-0.2, 0) is 24.0 Å². The third kappa shape index (κ3) is 8.16. The number of hydrogen-bond acceptors (Lipinski definition) is 4. The van der Waals surface area contributed by atoms with Gasteiger partial charge in [-0.15, -0.1) is 0 Å². The van der Waals surface area contributed by atoms with Crippen molar-refractivity contribution in [1.29, 1.82) is 0 Å². The van der Waals surface area contributed by atoms with Crippen LogP contribution in [0, 0.1) is 0 Å². The summed E-state index contributed by atoms with van der Waals surface area (Å²) in [5.41, 5.74) is 8.90. The Labute approximate surface area is 221 Å². The summed E-state index contributed by atoms with van der Waals surface area (Å²) < 4.78 is 11.3. The van der Waals surface area contributed by atoms with Crippen LogP contribution in [0.4, 0.5) is 0 Å². The van der Waals surface area contributed by atoms with Gasteiger partial charge >= 0.3 is 0 Å². The molecule has 3 aromatic carbocycles. The Hall–Kier alpha value is -3.18. The highest BCUT2D eigenvalue weighted by atomic mass is 16.6. The number of aliphatic hydroxyl groups excluding tert-OH is 2. The van der Waals surface area contributed by atoms with E-state index in [0.29, 0.717) is 18.6 Å². The molecule has 0 aliphatic carbocycles. The summed E-state index contributed by atoms with van der Waals surface area (Å²) in [6.45, 7) is 10.2. The number of allylic oxidation sites excluding steroid dienone is 2. The predicted octanol–water partition coefficient (Wildman–Crippen LogP) is 6.92. The number of aryl methyl sites for hydroxylation is 2. The van der Waals surface area contributed by atoms with E-state index >= 15 is 0 Å². The van der Waals surface area contributed by atoms with E-state index in [1.165, 1.54) is 27.8 Å². The van der Waals surface area contributed by atoms with Crippen LogP contribution in [0.2, 0.25) is 0 Å². The maximum absolute atomic E-state index is 9.91. The molecule has 0 saturated heterocycles. The molecule has 0 radical (unpaired) electrons. The van der Waals surface area contributed by atoms with Crippen molar-refractivity contribution >= 4 is 0 Å². The Balaban J connectivity index is 1.84. The van der Waals surface area contributed by atoms with Gasteiger partial charge in [-0.3, -0.25) is 0 Å². The predicted molar refractivity (Wildman–Crippen MR) is 153 cm³/mol. The van der Waals surface area contributed by atoms with Crippen LogP contribution in [0.1, 0.15) is 43.9 Å². The molecule has 0 heterocycles. The molecule has 0 aliphatic rings. The van der Waals surface area contributed by atoms with E-state index in [1.54, 1.807) is 6.92 Å². The quantitative estimate of drug-likeness (QED) is 0.186. The molecule has 0 spiro atoms. The summed E-state index contributed by atoms with van der Waals surface area (Å²) in [4.78, 5) is 0. The minimum Gasteiger partial charge on any atom is -0.491 e. The molecule has 4 heteroatoms. The van der Waals surface area contributed by atoms with E-state index in [-0.39, 0.29) is 13.2 Å². The van der Waals surface area contributed by atoms with Crippen molar-refractivity contribution in [2.24, 2.45) is 0 Å². The first kappa shape index (κ1) is 28.4. The molecular weight excluding hydrogens is 460 g/mol. The number of rotatable bonds is 14. The molecule has 0 aliphatic heterocycles. The van der Waals surface area contributed by atoms with Gasteiger partial charge in [0, 0.05) is 0 Å². The lowest BCUT2D eigenvalue weighted by atomic mass is 9.92. The largest absolute Gasteiger partial charge is 0.491 e. The molecule has 0 aromatic heterocycles. The highest BCUT2D eigenvalue weighted by Gasteiger charge is 2.12. The van der Waals surface area contributed by atoms with Crippen LogP contribution in [0.5, 0.6) is 5.75 Å². The summed E-state index contributed by atoms with van der Waals surface area (Å²) in [6, 6.07) is 21.7. The Morgan fingerprint density at radius 2 is 1.62 bits per heavy atom. The van der Waals surface area contributed by atoms with Gasteiger partial charge in [0.2, 0.25) is 0 Å². The Bertz CT molecular complexity index is 1180. The molecule has 37 heavy (non-hydrogen) atoms. The molecular formula is C33H40O4. The lowest BCUT2D eigenvalue weighted by Gasteiger charge is -2.17. The Morgan fingerprint density at radius 3 is 2.30 bits per heavy atom. The van der Waals surface area contributed by atoms with Gasteiger partial charge in [-0.25, -0.2) is 0 Å². The SMILES string of the molecule is C=C(C)C(O)OCCc1cc(-c2ccc(-c3ccc(CC/C=C/C)cc3)cc2CC)ccc1OCCO. The van der Waals surface area contributed by atoms with Gasteiger partial charge in [-0.1, -0.05) is 74.2 Å². The van der Waals surface area contributed by atoms with E-state index in [9.17, 15) is 10.2 Å². The maximum atomic E-state index is 9.91. The molecule has 0 amide bonds. The molecule has 3 rings (SSSR count). The van der Waals surface area contributed by atoms with Crippen molar-refractivity contribution < 1.29 is 19.7 Å². The van der Waals surface area contributed by atoms with Crippen LogP contribution >= 0.6 is 0 Å². The molecule has 0 fully saturated rings. The van der Waals surface area contributed by atoms with Crippen LogP contribution in [0.25, 0.3) is 22.3 Å². The smallest absolute Gasteiger partial charge is 0.176 e. The summed E-state index contributed by atoms with van der Waals surface area (Å²) in [5, 5.41) is 19.1. The standard InChI is InChI=1S/C33H40O4/c1-5-7-8-9-25-10-12-27(13-11-25)28-14-16-31(26(6-2)22-28)29-15-17-32(36-21-19-34)30(23-29)18-20-37-33(35)24(3)4/h5,7,10-17,22-23,33-35H,3,6,8-9,18-21H2,1-2,4H3/b7-5+.